The molecular weight excluding hydrogens is 310 g/mol. The Bertz CT molecular complexity index is 644. The Morgan fingerprint density at radius 1 is 1.42 bits per heavy atom. The fraction of sp³-hybridized carbons (Fsp3) is 0.154. The maximum atomic E-state index is 11.4. The van der Waals surface area contributed by atoms with Crippen LogP contribution in [0, 0.1) is 6.92 Å². The molecule has 0 aliphatic carbocycles. The Balaban J connectivity index is 2.47. The van der Waals surface area contributed by atoms with Crippen LogP contribution in [-0.4, -0.2) is 23.0 Å². The second kappa shape index (κ2) is 5.36. The summed E-state index contributed by atoms with van der Waals surface area (Å²) in [5.74, 6) is 0.0471. The lowest BCUT2D eigenvalue weighted by Crippen LogP contribution is -2.09. The normalized spacial score (nSPS) is 10.3. The SMILES string of the molecule is COC(=O)c1cnc(-c2ccc(Br)cc2C)nc1N. The number of esters is 1. The predicted molar refractivity (Wildman–Crippen MR) is 75.7 cm³/mol. The van der Waals surface area contributed by atoms with Crippen LogP contribution in [0.5, 0.6) is 0 Å². The van der Waals surface area contributed by atoms with Crippen LogP contribution < -0.4 is 5.73 Å². The Morgan fingerprint density at radius 3 is 2.74 bits per heavy atom. The zero-order chi connectivity index (χ0) is 14.0. The van der Waals surface area contributed by atoms with Gasteiger partial charge in [0.2, 0.25) is 0 Å². The van der Waals surface area contributed by atoms with Gasteiger partial charge in [-0.3, -0.25) is 0 Å². The molecule has 0 atom stereocenters. The second-order valence-electron chi connectivity index (χ2n) is 3.94. The molecule has 98 valence electrons. The molecule has 2 rings (SSSR count). The number of nitrogens with zero attached hydrogens (tertiary/aromatic N) is 2. The summed E-state index contributed by atoms with van der Waals surface area (Å²) in [6.07, 6.45) is 1.38. The molecule has 0 unspecified atom stereocenters. The summed E-state index contributed by atoms with van der Waals surface area (Å²) in [4.78, 5) is 19.7. The molecule has 0 saturated heterocycles. The van der Waals surface area contributed by atoms with Crippen molar-refractivity contribution in [2.45, 2.75) is 6.92 Å². The van der Waals surface area contributed by atoms with E-state index >= 15 is 0 Å². The van der Waals surface area contributed by atoms with Crippen LogP contribution in [0.25, 0.3) is 11.4 Å². The minimum Gasteiger partial charge on any atom is -0.465 e. The third-order valence-electron chi connectivity index (χ3n) is 2.65. The second-order valence-corrected chi connectivity index (χ2v) is 4.86. The van der Waals surface area contributed by atoms with E-state index in [9.17, 15) is 4.79 Å². The van der Waals surface area contributed by atoms with Crippen molar-refractivity contribution in [2.24, 2.45) is 0 Å². The van der Waals surface area contributed by atoms with E-state index in [0.29, 0.717) is 5.82 Å². The summed E-state index contributed by atoms with van der Waals surface area (Å²) >= 11 is 3.40. The number of rotatable bonds is 2. The maximum absolute atomic E-state index is 11.4. The summed E-state index contributed by atoms with van der Waals surface area (Å²) < 4.78 is 5.58. The molecule has 0 amide bonds. The first-order valence-corrected chi connectivity index (χ1v) is 6.29. The molecule has 2 N–H and O–H groups in total. The molecule has 0 spiro atoms. The van der Waals surface area contributed by atoms with E-state index in [4.69, 9.17) is 5.73 Å². The molecular formula is C13H12BrN3O2. The molecule has 1 aromatic carbocycles. The van der Waals surface area contributed by atoms with Gasteiger partial charge in [0, 0.05) is 16.2 Å². The van der Waals surface area contributed by atoms with Crippen molar-refractivity contribution in [3.63, 3.8) is 0 Å². The van der Waals surface area contributed by atoms with Gasteiger partial charge in [-0.15, -0.1) is 0 Å². The first-order chi connectivity index (χ1) is 9.02. The Hall–Kier alpha value is -1.95. The molecule has 0 aliphatic heterocycles. The standard InChI is InChI=1S/C13H12BrN3O2/c1-7-5-8(14)3-4-9(7)12-16-6-10(11(15)17-12)13(18)19-2/h3-6H,1-2H3,(H2,15,16,17). The summed E-state index contributed by atoms with van der Waals surface area (Å²) in [5.41, 5.74) is 7.80. The average Bonchev–Trinajstić information content (AvgIpc) is 2.37. The number of methoxy groups -OCH3 is 1. The topological polar surface area (TPSA) is 78.1 Å². The third-order valence-corrected chi connectivity index (χ3v) is 3.15. The van der Waals surface area contributed by atoms with Crippen molar-refractivity contribution < 1.29 is 9.53 Å². The van der Waals surface area contributed by atoms with E-state index in [2.05, 4.69) is 30.6 Å². The molecule has 5 nitrogen and oxygen atoms in total. The predicted octanol–water partition coefficient (Wildman–Crippen LogP) is 2.58. The Kier molecular flexibility index (Phi) is 3.80. The largest absolute Gasteiger partial charge is 0.465 e. The van der Waals surface area contributed by atoms with Crippen LogP contribution in [0.1, 0.15) is 15.9 Å². The molecule has 2 aromatic rings. The number of benzene rings is 1. The average molecular weight is 322 g/mol. The summed E-state index contributed by atoms with van der Waals surface area (Å²) in [6, 6.07) is 5.76. The van der Waals surface area contributed by atoms with Gasteiger partial charge in [-0.05, 0) is 30.7 Å². The Morgan fingerprint density at radius 2 is 2.16 bits per heavy atom. The highest BCUT2D eigenvalue weighted by Gasteiger charge is 2.14. The van der Waals surface area contributed by atoms with E-state index in [1.54, 1.807) is 0 Å². The van der Waals surface area contributed by atoms with Gasteiger partial charge in [0.15, 0.2) is 5.82 Å². The highest BCUT2D eigenvalue weighted by atomic mass is 79.9. The number of ether oxygens (including phenoxy) is 1. The van der Waals surface area contributed by atoms with Crippen LogP contribution in [0.15, 0.2) is 28.9 Å². The number of nitrogens with two attached hydrogens (primary N) is 1. The van der Waals surface area contributed by atoms with Gasteiger partial charge in [-0.1, -0.05) is 15.9 Å². The van der Waals surface area contributed by atoms with Gasteiger partial charge in [0.1, 0.15) is 11.4 Å². The zero-order valence-electron chi connectivity index (χ0n) is 10.5. The lowest BCUT2D eigenvalue weighted by molar-refractivity contribution is 0.0601. The van der Waals surface area contributed by atoms with Crippen LogP contribution in [0.2, 0.25) is 0 Å². The molecule has 0 fully saturated rings. The fourth-order valence-electron chi connectivity index (χ4n) is 1.67. The van der Waals surface area contributed by atoms with E-state index in [0.717, 1.165) is 15.6 Å². The van der Waals surface area contributed by atoms with Crippen molar-refractivity contribution in [3.8, 4) is 11.4 Å². The minimum absolute atomic E-state index is 0.110. The van der Waals surface area contributed by atoms with E-state index in [1.165, 1.54) is 13.3 Å². The summed E-state index contributed by atoms with van der Waals surface area (Å²) in [7, 11) is 1.29. The van der Waals surface area contributed by atoms with Crippen molar-refractivity contribution in [3.05, 3.63) is 40.0 Å². The molecule has 6 heteroatoms. The van der Waals surface area contributed by atoms with Gasteiger partial charge in [-0.25, -0.2) is 14.8 Å². The third kappa shape index (κ3) is 2.73. The van der Waals surface area contributed by atoms with Gasteiger partial charge in [0.05, 0.1) is 7.11 Å². The zero-order valence-corrected chi connectivity index (χ0v) is 12.1. The number of halogens is 1. The molecule has 0 aliphatic rings. The van der Waals surface area contributed by atoms with Crippen LogP contribution in [-0.2, 0) is 4.74 Å². The van der Waals surface area contributed by atoms with Gasteiger partial charge < -0.3 is 10.5 Å². The number of anilines is 1. The van der Waals surface area contributed by atoms with Crippen LogP contribution >= 0.6 is 15.9 Å². The Labute approximate surface area is 119 Å². The van der Waals surface area contributed by atoms with Crippen molar-refractivity contribution in [1.29, 1.82) is 0 Å². The molecule has 19 heavy (non-hydrogen) atoms. The number of hydrogen-bond donors (Lipinski definition) is 1. The number of nitrogen functional groups attached to an aromatic ring is 1. The van der Waals surface area contributed by atoms with E-state index < -0.39 is 5.97 Å². The molecule has 0 saturated carbocycles. The van der Waals surface area contributed by atoms with Gasteiger partial charge in [-0.2, -0.15) is 0 Å². The smallest absolute Gasteiger partial charge is 0.343 e. The fourth-order valence-corrected chi connectivity index (χ4v) is 2.15. The van der Waals surface area contributed by atoms with Gasteiger partial charge >= 0.3 is 5.97 Å². The number of aryl methyl sites for hydroxylation is 1. The van der Waals surface area contributed by atoms with Crippen molar-refractivity contribution >= 4 is 27.7 Å². The highest BCUT2D eigenvalue weighted by Crippen LogP contribution is 2.24. The first-order valence-electron chi connectivity index (χ1n) is 5.50. The van der Waals surface area contributed by atoms with Crippen molar-refractivity contribution in [1.82, 2.24) is 9.97 Å². The number of carbonyl (C=O) groups is 1. The molecule has 0 bridgehead atoms. The summed E-state index contributed by atoms with van der Waals surface area (Å²) in [6.45, 7) is 1.95. The highest BCUT2D eigenvalue weighted by molar-refractivity contribution is 9.10. The molecule has 0 radical (unpaired) electrons. The lowest BCUT2D eigenvalue weighted by atomic mass is 10.1. The molecule has 1 heterocycles. The van der Waals surface area contributed by atoms with E-state index in [1.807, 2.05) is 25.1 Å². The minimum atomic E-state index is -0.545. The molecule has 1 aromatic heterocycles. The van der Waals surface area contributed by atoms with Crippen LogP contribution in [0.3, 0.4) is 0 Å². The summed E-state index contributed by atoms with van der Waals surface area (Å²) in [5, 5.41) is 0. The first kappa shape index (κ1) is 13.5. The number of aromatic nitrogens is 2. The number of carbonyl (C=O) groups excluding carboxylic acids is 1. The van der Waals surface area contributed by atoms with Gasteiger partial charge in [0.25, 0.3) is 0 Å². The monoisotopic (exact) mass is 321 g/mol. The maximum Gasteiger partial charge on any atom is 0.343 e. The van der Waals surface area contributed by atoms with Crippen molar-refractivity contribution in [2.75, 3.05) is 12.8 Å². The van der Waals surface area contributed by atoms with Crippen LogP contribution in [0.4, 0.5) is 5.82 Å². The number of hydrogen-bond acceptors (Lipinski definition) is 5. The lowest BCUT2D eigenvalue weighted by Gasteiger charge is -2.07. The quantitative estimate of drug-likeness (QED) is 0.860. The van der Waals surface area contributed by atoms with E-state index in [-0.39, 0.29) is 11.4 Å².